The normalized spacial score (nSPS) is 12.0. The molecular weight excluding hydrogens is 249 g/mol. The van der Waals surface area contributed by atoms with Gasteiger partial charge in [-0.25, -0.2) is 0 Å². The van der Waals surface area contributed by atoms with E-state index in [1.54, 1.807) is 18.7 Å². The number of hydrogen-bond donors (Lipinski definition) is 0. The van der Waals surface area contributed by atoms with Gasteiger partial charge in [-0.1, -0.05) is 30.3 Å². The van der Waals surface area contributed by atoms with Crippen molar-refractivity contribution in [3.63, 3.8) is 0 Å². The Bertz CT molecular complexity index is 373. The average Bonchev–Trinajstić information content (AvgIpc) is 2.30. The van der Waals surface area contributed by atoms with Crippen LogP contribution in [0, 0.1) is 7.05 Å². The Morgan fingerprint density at radius 3 is 2.22 bits per heavy atom. The van der Waals surface area contributed by atoms with E-state index < -0.39 is 7.60 Å². The van der Waals surface area contributed by atoms with Crippen LogP contribution in [0.2, 0.25) is 0 Å². The summed E-state index contributed by atoms with van der Waals surface area (Å²) >= 11 is 0. The molecule has 0 saturated carbocycles. The monoisotopic (exact) mass is 270 g/mol. The number of rotatable bonds is 8. The van der Waals surface area contributed by atoms with E-state index >= 15 is 0 Å². The van der Waals surface area contributed by atoms with Crippen molar-refractivity contribution >= 4 is 7.60 Å². The van der Waals surface area contributed by atoms with Crippen molar-refractivity contribution in [2.45, 2.75) is 20.4 Å². The molecule has 0 N–H and O–H groups in total. The fraction of sp³-hybridized carbons (Fsp3) is 0.462. The van der Waals surface area contributed by atoms with Crippen LogP contribution in [0.5, 0.6) is 0 Å². The fourth-order valence-corrected chi connectivity index (χ4v) is 3.26. The Kier molecular flexibility index (Phi) is 6.58. The van der Waals surface area contributed by atoms with Gasteiger partial charge in [-0.3, -0.25) is 9.46 Å². The van der Waals surface area contributed by atoms with Crippen molar-refractivity contribution in [3.8, 4) is 0 Å². The molecule has 0 bridgehead atoms. The van der Waals surface area contributed by atoms with Gasteiger partial charge in [0.25, 0.3) is 0 Å². The van der Waals surface area contributed by atoms with Crippen LogP contribution >= 0.6 is 7.60 Å². The maximum Gasteiger partial charge on any atom is 0.344 e. The topological polar surface area (TPSA) is 38.8 Å². The predicted molar refractivity (Wildman–Crippen MR) is 73.1 cm³/mol. The third-order valence-corrected chi connectivity index (χ3v) is 4.32. The highest BCUT2D eigenvalue weighted by Crippen LogP contribution is 2.48. The first-order valence-electron chi connectivity index (χ1n) is 6.07. The molecule has 5 heteroatoms. The summed E-state index contributed by atoms with van der Waals surface area (Å²) in [5, 5.41) is 0. The van der Waals surface area contributed by atoms with Crippen LogP contribution in [0.4, 0.5) is 0 Å². The second kappa shape index (κ2) is 7.70. The second-order valence-electron chi connectivity index (χ2n) is 3.90. The first-order valence-corrected chi connectivity index (χ1v) is 7.80. The second-order valence-corrected chi connectivity index (χ2v) is 5.92. The first-order chi connectivity index (χ1) is 8.59. The summed E-state index contributed by atoms with van der Waals surface area (Å²) in [6, 6.07) is 9.90. The van der Waals surface area contributed by atoms with E-state index in [2.05, 4.69) is 7.05 Å². The Labute approximate surface area is 109 Å². The summed E-state index contributed by atoms with van der Waals surface area (Å²) in [7, 11) is 0.835. The van der Waals surface area contributed by atoms with Gasteiger partial charge in [-0.15, -0.1) is 0 Å². The van der Waals surface area contributed by atoms with Crippen molar-refractivity contribution in [3.05, 3.63) is 42.9 Å². The summed E-state index contributed by atoms with van der Waals surface area (Å²) < 4.78 is 22.7. The van der Waals surface area contributed by atoms with Gasteiger partial charge in [0.05, 0.1) is 13.2 Å². The molecule has 0 heterocycles. The zero-order chi connectivity index (χ0) is 13.4. The molecule has 0 aliphatic heterocycles. The first kappa shape index (κ1) is 15.4. The third-order valence-electron chi connectivity index (χ3n) is 2.27. The molecule has 0 spiro atoms. The molecule has 18 heavy (non-hydrogen) atoms. The van der Waals surface area contributed by atoms with Gasteiger partial charge in [0.2, 0.25) is 0 Å². The Hall–Kier alpha value is -0.670. The van der Waals surface area contributed by atoms with Crippen LogP contribution in [-0.2, 0) is 20.2 Å². The highest BCUT2D eigenvalue weighted by molar-refractivity contribution is 7.53. The maximum absolute atomic E-state index is 12.3. The summed E-state index contributed by atoms with van der Waals surface area (Å²) in [6.07, 6.45) is 0.198. The minimum Gasteiger partial charge on any atom is -0.308 e. The van der Waals surface area contributed by atoms with Crippen molar-refractivity contribution in [1.29, 1.82) is 0 Å². The lowest BCUT2D eigenvalue weighted by molar-refractivity contribution is 0.205. The van der Waals surface area contributed by atoms with E-state index in [9.17, 15) is 4.57 Å². The van der Waals surface area contributed by atoms with Gasteiger partial charge in [-0.2, -0.15) is 0 Å². The molecular formula is C13H21NO3P. The molecule has 4 nitrogen and oxygen atoms in total. The van der Waals surface area contributed by atoms with E-state index in [1.165, 1.54) is 0 Å². The molecule has 1 aromatic carbocycles. The lowest BCUT2D eigenvalue weighted by atomic mass is 10.2. The zero-order valence-corrected chi connectivity index (χ0v) is 11.9. The van der Waals surface area contributed by atoms with E-state index in [-0.39, 0.29) is 6.29 Å². The van der Waals surface area contributed by atoms with Gasteiger partial charge in [0.15, 0.2) is 0 Å². The highest BCUT2D eigenvalue weighted by atomic mass is 31.2. The van der Waals surface area contributed by atoms with Crippen molar-refractivity contribution in [2.75, 3.05) is 19.5 Å². The number of benzene rings is 1. The highest BCUT2D eigenvalue weighted by Gasteiger charge is 2.25. The quantitative estimate of drug-likeness (QED) is 0.678. The van der Waals surface area contributed by atoms with Crippen molar-refractivity contribution in [2.24, 2.45) is 0 Å². The molecule has 101 valence electrons. The van der Waals surface area contributed by atoms with Crippen LogP contribution in [-0.4, -0.2) is 24.4 Å². The van der Waals surface area contributed by atoms with Crippen LogP contribution < -0.4 is 0 Å². The Morgan fingerprint density at radius 1 is 1.17 bits per heavy atom. The van der Waals surface area contributed by atoms with E-state index in [0.717, 1.165) is 5.56 Å². The Morgan fingerprint density at radius 2 is 1.72 bits per heavy atom. The fourth-order valence-electron chi connectivity index (χ4n) is 1.65. The van der Waals surface area contributed by atoms with Crippen LogP contribution in [0.15, 0.2) is 30.3 Å². The zero-order valence-electron chi connectivity index (χ0n) is 11.0. The molecule has 1 aromatic rings. The minimum atomic E-state index is -3.05. The summed E-state index contributed by atoms with van der Waals surface area (Å²) in [5.74, 6) is 0. The predicted octanol–water partition coefficient (Wildman–Crippen LogP) is 3.50. The van der Waals surface area contributed by atoms with E-state index in [1.807, 2.05) is 30.3 Å². The SMILES string of the molecule is [CH2]N(Cc1ccccc1)CP(=O)(OCC)OCC. The standard InChI is InChI=1S/C13H21NO3P/c1-4-16-18(15,17-5-2)12-14(3)11-13-9-7-6-8-10-13/h6-10H,3-5,11-12H2,1-2H3. The Balaban J connectivity index is 2.56. The third kappa shape index (κ3) is 5.32. The molecule has 0 atom stereocenters. The van der Waals surface area contributed by atoms with E-state index in [0.29, 0.717) is 19.8 Å². The van der Waals surface area contributed by atoms with Crippen LogP contribution in [0.25, 0.3) is 0 Å². The van der Waals surface area contributed by atoms with Crippen molar-refractivity contribution < 1.29 is 13.6 Å². The maximum atomic E-state index is 12.3. The summed E-state index contributed by atoms with van der Waals surface area (Å²) in [5.41, 5.74) is 1.12. The molecule has 0 aromatic heterocycles. The molecule has 0 unspecified atom stereocenters. The average molecular weight is 270 g/mol. The van der Waals surface area contributed by atoms with Gasteiger partial charge in [-0.05, 0) is 19.4 Å². The summed E-state index contributed by atoms with van der Waals surface area (Å²) in [6.45, 7) is 4.96. The van der Waals surface area contributed by atoms with Gasteiger partial charge in [0.1, 0.15) is 6.29 Å². The molecule has 0 aliphatic rings. The smallest absolute Gasteiger partial charge is 0.308 e. The number of hydrogen-bond acceptors (Lipinski definition) is 4. The number of nitrogens with zero attached hydrogens (tertiary/aromatic N) is 1. The van der Waals surface area contributed by atoms with Gasteiger partial charge in [0, 0.05) is 13.6 Å². The molecule has 0 amide bonds. The van der Waals surface area contributed by atoms with Crippen LogP contribution in [0.3, 0.4) is 0 Å². The molecule has 0 saturated heterocycles. The molecule has 1 rings (SSSR count). The van der Waals surface area contributed by atoms with Gasteiger partial charge < -0.3 is 9.05 Å². The molecule has 0 aliphatic carbocycles. The lowest BCUT2D eigenvalue weighted by Crippen LogP contribution is -2.19. The molecule has 0 fully saturated rings. The van der Waals surface area contributed by atoms with Crippen molar-refractivity contribution in [1.82, 2.24) is 4.90 Å². The largest absolute Gasteiger partial charge is 0.344 e. The summed E-state index contributed by atoms with van der Waals surface area (Å²) in [4.78, 5) is 1.71. The molecule has 1 radical (unpaired) electrons. The van der Waals surface area contributed by atoms with Gasteiger partial charge >= 0.3 is 7.60 Å². The minimum absolute atomic E-state index is 0.198. The van der Waals surface area contributed by atoms with E-state index in [4.69, 9.17) is 9.05 Å². The lowest BCUT2D eigenvalue weighted by Gasteiger charge is -2.23. The van der Waals surface area contributed by atoms with Crippen LogP contribution in [0.1, 0.15) is 19.4 Å².